The average Bonchev–Trinajstić information content (AvgIpc) is 2.10. The molecular formula is C11H19F2NO2. The largest absolute Gasteiger partial charge is 0.396 e. The van der Waals surface area contributed by atoms with Gasteiger partial charge in [-0.05, 0) is 19.3 Å². The van der Waals surface area contributed by atoms with Gasteiger partial charge in [-0.25, -0.2) is 8.78 Å². The number of rotatable bonds is 6. The van der Waals surface area contributed by atoms with Crippen LogP contribution in [0.2, 0.25) is 0 Å². The van der Waals surface area contributed by atoms with Crippen molar-refractivity contribution in [3.63, 3.8) is 0 Å². The number of hydrogen-bond donors (Lipinski definition) is 2. The van der Waals surface area contributed by atoms with Crippen molar-refractivity contribution in [3.8, 4) is 0 Å². The SMILES string of the molecule is OCCCC(F)(F)COC1CC2(CNC2)C1. The van der Waals surface area contributed by atoms with Crippen LogP contribution >= 0.6 is 0 Å². The van der Waals surface area contributed by atoms with Gasteiger partial charge in [-0.1, -0.05) is 0 Å². The number of aliphatic hydroxyl groups excluding tert-OH is 1. The third-order valence-electron chi connectivity index (χ3n) is 3.55. The van der Waals surface area contributed by atoms with Crippen molar-refractivity contribution in [2.45, 2.75) is 37.7 Å². The van der Waals surface area contributed by atoms with Gasteiger partial charge in [-0.15, -0.1) is 0 Å². The van der Waals surface area contributed by atoms with Gasteiger partial charge in [0.25, 0.3) is 5.92 Å². The summed E-state index contributed by atoms with van der Waals surface area (Å²) >= 11 is 0. The standard InChI is InChI=1S/C11H19F2NO2/c12-11(13,2-1-3-15)8-16-9-4-10(5-9)6-14-7-10/h9,14-15H,1-8H2. The van der Waals surface area contributed by atoms with E-state index in [0.717, 1.165) is 25.9 Å². The highest BCUT2D eigenvalue weighted by atomic mass is 19.3. The summed E-state index contributed by atoms with van der Waals surface area (Å²) in [5.41, 5.74) is 0.366. The summed E-state index contributed by atoms with van der Waals surface area (Å²) in [6, 6.07) is 0. The van der Waals surface area contributed by atoms with E-state index in [2.05, 4.69) is 5.32 Å². The summed E-state index contributed by atoms with van der Waals surface area (Å²) in [5.74, 6) is -2.79. The Hall–Kier alpha value is -0.260. The number of aliphatic hydroxyl groups is 1. The third kappa shape index (κ3) is 2.70. The number of hydrogen-bond acceptors (Lipinski definition) is 3. The predicted octanol–water partition coefficient (Wildman–Crippen LogP) is 1.16. The van der Waals surface area contributed by atoms with Gasteiger partial charge in [0.1, 0.15) is 6.61 Å². The topological polar surface area (TPSA) is 41.5 Å². The molecule has 1 saturated heterocycles. The summed E-state index contributed by atoms with van der Waals surface area (Å²) in [6.07, 6.45) is 1.69. The Balaban J connectivity index is 1.60. The quantitative estimate of drug-likeness (QED) is 0.726. The van der Waals surface area contributed by atoms with E-state index in [1.165, 1.54) is 0 Å². The number of alkyl halides is 2. The van der Waals surface area contributed by atoms with E-state index in [1.807, 2.05) is 0 Å². The van der Waals surface area contributed by atoms with Gasteiger partial charge >= 0.3 is 0 Å². The van der Waals surface area contributed by atoms with Gasteiger partial charge in [0, 0.05) is 31.5 Å². The van der Waals surface area contributed by atoms with E-state index < -0.39 is 12.5 Å². The van der Waals surface area contributed by atoms with Gasteiger partial charge in [0.05, 0.1) is 6.10 Å². The minimum Gasteiger partial charge on any atom is -0.396 e. The molecule has 1 aliphatic carbocycles. The Morgan fingerprint density at radius 1 is 1.38 bits per heavy atom. The van der Waals surface area contributed by atoms with Crippen LogP contribution in [0, 0.1) is 5.41 Å². The molecule has 1 saturated carbocycles. The molecular weight excluding hydrogens is 216 g/mol. The minimum atomic E-state index is -2.79. The lowest BCUT2D eigenvalue weighted by Crippen LogP contribution is -2.62. The van der Waals surface area contributed by atoms with Crippen molar-refractivity contribution < 1.29 is 18.6 Å². The van der Waals surface area contributed by atoms with E-state index in [1.54, 1.807) is 0 Å². The van der Waals surface area contributed by atoms with Crippen molar-refractivity contribution in [1.29, 1.82) is 0 Å². The average molecular weight is 235 g/mol. The van der Waals surface area contributed by atoms with Crippen LogP contribution in [0.5, 0.6) is 0 Å². The molecule has 0 atom stereocenters. The molecule has 2 aliphatic rings. The third-order valence-corrected chi connectivity index (χ3v) is 3.55. The smallest absolute Gasteiger partial charge is 0.271 e. The van der Waals surface area contributed by atoms with Crippen molar-refractivity contribution >= 4 is 0 Å². The van der Waals surface area contributed by atoms with Crippen LogP contribution in [0.15, 0.2) is 0 Å². The molecule has 2 fully saturated rings. The van der Waals surface area contributed by atoms with Crippen LogP contribution in [0.4, 0.5) is 8.78 Å². The Morgan fingerprint density at radius 3 is 2.56 bits per heavy atom. The second-order valence-electron chi connectivity index (χ2n) is 5.13. The van der Waals surface area contributed by atoms with E-state index in [9.17, 15) is 8.78 Å². The lowest BCUT2D eigenvalue weighted by atomic mass is 9.63. The zero-order valence-electron chi connectivity index (χ0n) is 9.35. The second kappa shape index (κ2) is 4.55. The van der Waals surface area contributed by atoms with Gasteiger partial charge < -0.3 is 15.2 Å². The lowest BCUT2D eigenvalue weighted by Gasteiger charge is -2.54. The second-order valence-corrected chi connectivity index (χ2v) is 5.13. The summed E-state index contributed by atoms with van der Waals surface area (Å²) in [7, 11) is 0. The van der Waals surface area contributed by atoms with E-state index in [0.29, 0.717) is 5.41 Å². The van der Waals surface area contributed by atoms with Crippen LogP contribution in [0.3, 0.4) is 0 Å². The first kappa shape index (κ1) is 12.2. The Kier molecular flexibility index (Phi) is 3.47. The Morgan fingerprint density at radius 2 is 2.06 bits per heavy atom. The molecule has 3 nitrogen and oxygen atoms in total. The first-order valence-electron chi connectivity index (χ1n) is 5.86. The Bertz CT molecular complexity index is 236. The maximum Gasteiger partial charge on any atom is 0.271 e. The number of nitrogens with one attached hydrogen (secondary N) is 1. The number of halogens is 2. The van der Waals surface area contributed by atoms with Crippen LogP contribution in [-0.4, -0.2) is 43.4 Å². The highest BCUT2D eigenvalue weighted by Crippen LogP contribution is 2.46. The fourth-order valence-electron chi connectivity index (χ4n) is 2.44. The molecule has 1 spiro atoms. The van der Waals surface area contributed by atoms with Crippen LogP contribution in [0.25, 0.3) is 0 Å². The van der Waals surface area contributed by atoms with Crippen molar-refractivity contribution in [1.82, 2.24) is 5.32 Å². The molecule has 2 rings (SSSR count). The highest BCUT2D eigenvalue weighted by molar-refractivity contribution is 5.03. The zero-order chi connectivity index (χ0) is 11.6. The first-order valence-corrected chi connectivity index (χ1v) is 5.86. The molecule has 0 aromatic carbocycles. The molecule has 1 aliphatic heterocycles. The maximum atomic E-state index is 13.2. The van der Waals surface area contributed by atoms with Crippen LogP contribution < -0.4 is 5.32 Å². The van der Waals surface area contributed by atoms with Gasteiger partial charge in [0.2, 0.25) is 0 Å². The predicted molar refractivity (Wildman–Crippen MR) is 55.5 cm³/mol. The fraction of sp³-hybridized carbons (Fsp3) is 1.00. The molecule has 1 heterocycles. The van der Waals surface area contributed by atoms with Crippen LogP contribution in [-0.2, 0) is 4.74 Å². The normalized spacial score (nSPS) is 24.2. The van der Waals surface area contributed by atoms with Crippen LogP contribution in [0.1, 0.15) is 25.7 Å². The molecule has 0 unspecified atom stereocenters. The molecule has 16 heavy (non-hydrogen) atoms. The first-order chi connectivity index (χ1) is 7.55. The molecule has 0 amide bonds. The Labute approximate surface area is 94.2 Å². The molecule has 2 N–H and O–H groups in total. The molecule has 0 bridgehead atoms. The summed E-state index contributed by atoms with van der Waals surface area (Å²) < 4.78 is 31.6. The summed E-state index contributed by atoms with van der Waals surface area (Å²) in [4.78, 5) is 0. The fourth-order valence-corrected chi connectivity index (χ4v) is 2.44. The van der Waals surface area contributed by atoms with Gasteiger partial charge in [0.15, 0.2) is 0 Å². The lowest BCUT2D eigenvalue weighted by molar-refractivity contribution is -0.158. The maximum absolute atomic E-state index is 13.2. The molecule has 5 heteroatoms. The molecule has 0 radical (unpaired) electrons. The molecule has 94 valence electrons. The number of ether oxygens (including phenoxy) is 1. The minimum absolute atomic E-state index is 0.0158. The van der Waals surface area contributed by atoms with Crippen molar-refractivity contribution in [2.75, 3.05) is 26.3 Å². The molecule has 0 aromatic heterocycles. The van der Waals surface area contributed by atoms with E-state index in [-0.39, 0.29) is 25.6 Å². The zero-order valence-corrected chi connectivity index (χ0v) is 9.35. The summed E-state index contributed by atoms with van der Waals surface area (Å²) in [5, 5.41) is 11.7. The van der Waals surface area contributed by atoms with Crippen molar-refractivity contribution in [2.24, 2.45) is 5.41 Å². The van der Waals surface area contributed by atoms with Crippen molar-refractivity contribution in [3.05, 3.63) is 0 Å². The van der Waals surface area contributed by atoms with Gasteiger partial charge in [-0.2, -0.15) is 0 Å². The monoisotopic (exact) mass is 235 g/mol. The highest BCUT2D eigenvalue weighted by Gasteiger charge is 2.49. The van der Waals surface area contributed by atoms with Gasteiger partial charge in [-0.3, -0.25) is 0 Å². The molecule has 0 aromatic rings. The summed E-state index contributed by atoms with van der Waals surface area (Å²) in [6.45, 7) is 1.33. The van der Waals surface area contributed by atoms with E-state index >= 15 is 0 Å². The van der Waals surface area contributed by atoms with E-state index in [4.69, 9.17) is 9.84 Å².